The average molecular weight is 223 g/mol. The first-order valence-electron chi connectivity index (χ1n) is 5.68. The van der Waals surface area contributed by atoms with Gasteiger partial charge in [-0.15, -0.1) is 0 Å². The molecule has 90 valence electrons. The Kier molecular flexibility index (Phi) is 5.22. The lowest BCUT2D eigenvalue weighted by atomic mass is 10.1. The van der Waals surface area contributed by atoms with Gasteiger partial charge in [0.2, 0.25) is 0 Å². The Morgan fingerprint density at radius 3 is 2.69 bits per heavy atom. The van der Waals surface area contributed by atoms with Crippen molar-refractivity contribution in [1.29, 1.82) is 0 Å². The zero-order valence-corrected chi connectivity index (χ0v) is 10.3. The van der Waals surface area contributed by atoms with Crippen molar-refractivity contribution in [3.63, 3.8) is 0 Å². The maximum atomic E-state index is 8.84. The molecule has 1 heterocycles. The number of hydrogen-bond acceptors (Lipinski definition) is 4. The third-order valence-electron chi connectivity index (χ3n) is 2.76. The summed E-state index contributed by atoms with van der Waals surface area (Å²) >= 11 is 0. The summed E-state index contributed by atoms with van der Waals surface area (Å²) in [6.07, 6.45) is 2.88. The molecule has 0 fully saturated rings. The van der Waals surface area contributed by atoms with Gasteiger partial charge in [-0.05, 0) is 25.6 Å². The quantitative estimate of drug-likeness (QED) is 0.760. The van der Waals surface area contributed by atoms with Crippen LogP contribution in [0.4, 0.5) is 5.69 Å². The molecule has 2 N–H and O–H groups in total. The van der Waals surface area contributed by atoms with E-state index >= 15 is 0 Å². The van der Waals surface area contributed by atoms with E-state index in [-0.39, 0.29) is 6.61 Å². The van der Waals surface area contributed by atoms with Gasteiger partial charge in [-0.2, -0.15) is 0 Å². The van der Waals surface area contributed by atoms with E-state index in [1.807, 2.05) is 37.3 Å². The van der Waals surface area contributed by atoms with Crippen molar-refractivity contribution < 1.29 is 5.11 Å². The Bertz CT molecular complexity index is 296. The van der Waals surface area contributed by atoms with Crippen LogP contribution >= 0.6 is 0 Å². The fourth-order valence-electron chi connectivity index (χ4n) is 1.67. The zero-order valence-electron chi connectivity index (χ0n) is 10.3. The van der Waals surface area contributed by atoms with Gasteiger partial charge in [0.05, 0.1) is 24.2 Å². The average Bonchev–Trinajstić information content (AvgIpc) is 2.32. The van der Waals surface area contributed by atoms with Gasteiger partial charge >= 0.3 is 0 Å². The molecule has 1 rings (SSSR count). The lowest BCUT2D eigenvalue weighted by Gasteiger charge is -2.19. The number of pyridine rings is 1. The molecule has 16 heavy (non-hydrogen) atoms. The second kappa shape index (κ2) is 6.45. The summed E-state index contributed by atoms with van der Waals surface area (Å²) in [5, 5.41) is 12.1. The van der Waals surface area contributed by atoms with Crippen LogP contribution in [0.2, 0.25) is 0 Å². The fourth-order valence-corrected chi connectivity index (χ4v) is 1.67. The van der Waals surface area contributed by atoms with Crippen molar-refractivity contribution in [2.45, 2.75) is 19.4 Å². The molecule has 1 aromatic heterocycles. The SMILES string of the molecule is CCC(NC)c1ccc(N(C)CCO)cn1. The topological polar surface area (TPSA) is 48.4 Å². The standard InChI is InChI=1S/C12H21N3O/c1-4-11(13-2)12-6-5-10(9-14-12)15(3)7-8-16/h5-6,9,11,13,16H,4,7-8H2,1-3H3. The first-order chi connectivity index (χ1) is 7.72. The highest BCUT2D eigenvalue weighted by atomic mass is 16.3. The van der Waals surface area contributed by atoms with E-state index in [4.69, 9.17) is 5.11 Å². The van der Waals surface area contributed by atoms with Crippen LogP contribution in [0.5, 0.6) is 0 Å². The van der Waals surface area contributed by atoms with Gasteiger partial charge in [-0.3, -0.25) is 4.98 Å². The molecule has 0 aliphatic heterocycles. The molecule has 0 radical (unpaired) electrons. The molecule has 1 atom stereocenters. The first-order valence-corrected chi connectivity index (χ1v) is 5.68. The minimum absolute atomic E-state index is 0.159. The van der Waals surface area contributed by atoms with E-state index in [0.717, 1.165) is 17.8 Å². The van der Waals surface area contributed by atoms with E-state index in [2.05, 4.69) is 17.2 Å². The Hall–Kier alpha value is -1.13. The molecule has 1 aromatic rings. The summed E-state index contributed by atoms with van der Waals surface area (Å²) in [7, 11) is 3.89. The monoisotopic (exact) mass is 223 g/mol. The van der Waals surface area contributed by atoms with Crippen LogP contribution < -0.4 is 10.2 Å². The highest BCUT2D eigenvalue weighted by Gasteiger charge is 2.08. The minimum Gasteiger partial charge on any atom is -0.395 e. The van der Waals surface area contributed by atoms with E-state index in [0.29, 0.717) is 12.6 Å². The summed E-state index contributed by atoms with van der Waals surface area (Å²) in [6, 6.07) is 4.39. The maximum Gasteiger partial charge on any atom is 0.0606 e. The van der Waals surface area contributed by atoms with Crippen LogP contribution in [0.1, 0.15) is 25.1 Å². The molecule has 0 aliphatic rings. The molecule has 0 aliphatic carbocycles. The molecule has 0 aromatic carbocycles. The number of nitrogens with zero attached hydrogens (tertiary/aromatic N) is 2. The highest BCUT2D eigenvalue weighted by molar-refractivity contribution is 5.43. The van der Waals surface area contributed by atoms with Crippen LogP contribution in [0, 0.1) is 0 Å². The van der Waals surface area contributed by atoms with Gasteiger partial charge in [-0.1, -0.05) is 6.92 Å². The normalized spacial score (nSPS) is 12.5. The molecular formula is C12H21N3O. The third-order valence-corrected chi connectivity index (χ3v) is 2.76. The van der Waals surface area contributed by atoms with Crippen molar-refractivity contribution in [1.82, 2.24) is 10.3 Å². The molecule has 0 saturated heterocycles. The lowest BCUT2D eigenvalue weighted by Crippen LogP contribution is -2.22. The predicted octanol–water partition coefficient (Wildman–Crippen LogP) is 1.18. The summed E-state index contributed by atoms with van der Waals surface area (Å²) in [5.74, 6) is 0. The summed E-state index contributed by atoms with van der Waals surface area (Å²) in [5.41, 5.74) is 2.09. The molecule has 0 spiro atoms. The molecule has 0 bridgehead atoms. The Morgan fingerprint density at radius 2 is 2.25 bits per heavy atom. The molecular weight excluding hydrogens is 202 g/mol. The number of likely N-dealkylation sites (N-methyl/N-ethyl adjacent to an activating group) is 1. The van der Waals surface area contributed by atoms with Gasteiger partial charge in [0.25, 0.3) is 0 Å². The number of rotatable bonds is 6. The molecule has 0 amide bonds. The second-order valence-electron chi connectivity index (χ2n) is 3.84. The Morgan fingerprint density at radius 1 is 1.50 bits per heavy atom. The van der Waals surface area contributed by atoms with Crippen molar-refractivity contribution in [3.8, 4) is 0 Å². The van der Waals surface area contributed by atoms with Gasteiger partial charge in [-0.25, -0.2) is 0 Å². The van der Waals surface area contributed by atoms with Crippen LogP contribution in [0.3, 0.4) is 0 Å². The van der Waals surface area contributed by atoms with Crippen LogP contribution in [-0.2, 0) is 0 Å². The number of aromatic nitrogens is 1. The van der Waals surface area contributed by atoms with E-state index in [1.54, 1.807) is 0 Å². The fraction of sp³-hybridized carbons (Fsp3) is 0.583. The number of anilines is 1. The molecule has 1 unspecified atom stereocenters. The van der Waals surface area contributed by atoms with Crippen molar-refractivity contribution >= 4 is 5.69 Å². The lowest BCUT2D eigenvalue weighted by molar-refractivity contribution is 0.304. The largest absolute Gasteiger partial charge is 0.395 e. The summed E-state index contributed by atoms with van der Waals surface area (Å²) in [4.78, 5) is 6.42. The predicted molar refractivity (Wildman–Crippen MR) is 66.7 cm³/mol. The van der Waals surface area contributed by atoms with Gasteiger partial charge in [0.15, 0.2) is 0 Å². The smallest absolute Gasteiger partial charge is 0.0606 e. The number of hydrogen-bond donors (Lipinski definition) is 2. The van der Waals surface area contributed by atoms with E-state index in [9.17, 15) is 0 Å². The van der Waals surface area contributed by atoms with Gasteiger partial charge < -0.3 is 15.3 Å². The Balaban J connectivity index is 2.74. The molecule has 0 saturated carbocycles. The van der Waals surface area contributed by atoms with Crippen LogP contribution in [0.15, 0.2) is 18.3 Å². The molecule has 4 nitrogen and oxygen atoms in total. The van der Waals surface area contributed by atoms with Gasteiger partial charge in [0.1, 0.15) is 0 Å². The number of aliphatic hydroxyl groups excluding tert-OH is 1. The van der Waals surface area contributed by atoms with E-state index in [1.165, 1.54) is 0 Å². The van der Waals surface area contributed by atoms with E-state index < -0.39 is 0 Å². The summed E-state index contributed by atoms with van der Waals surface area (Å²) in [6.45, 7) is 2.92. The summed E-state index contributed by atoms with van der Waals surface area (Å²) < 4.78 is 0. The number of nitrogens with one attached hydrogen (secondary N) is 1. The number of aliphatic hydroxyl groups is 1. The Labute approximate surface area is 97.3 Å². The van der Waals surface area contributed by atoms with Crippen molar-refractivity contribution in [2.75, 3.05) is 32.1 Å². The minimum atomic E-state index is 0.159. The van der Waals surface area contributed by atoms with Gasteiger partial charge in [0, 0.05) is 19.6 Å². The third kappa shape index (κ3) is 3.18. The van der Waals surface area contributed by atoms with Crippen LogP contribution in [0.25, 0.3) is 0 Å². The maximum absolute atomic E-state index is 8.84. The highest BCUT2D eigenvalue weighted by Crippen LogP contribution is 2.17. The van der Waals surface area contributed by atoms with Crippen LogP contribution in [-0.4, -0.2) is 37.3 Å². The first kappa shape index (κ1) is 12.9. The van der Waals surface area contributed by atoms with Crippen molar-refractivity contribution in [3.05, 3.63) is 24.0 Å². The second-order valence-corrected chi connectivity index (χ2v) is 3.84. The van der Waals surface area contributed by atoms with Crippen molar-refractivity contribution in [2.24, 2.45) is 0 Å². The molecule has 4 heteroatoms. The zero-order chi connectivity index (χ0) is 12.0.